The van der Waals surface area contributed by atoms with E-state index in [1.165, 1.54) is 6.20 Å². The third-order valence-corrected chi connectivity index (χ3v) is 2.38. The lowest BCUT2D eigenvalue weighted by atomic mass is 10.1. The first-order valence-corrected chi connectivity index (χ1v) is 5.07. The normalized spacial score (nSPS) is 12.1. The van der Waals surface area contributed by atoms with Crippen LogP contribution in [0.3, 0.4) is 0 Å². The number of rotatable bonds is 3. The number of carbonyl (C=O) groups excluding carboxylic acids is 1. The number of hydrogen-bond acceptors (Lipinski definition) is 4. The summed E-state index contributed by atoms with van der Waals surface area (Å²) in [5, 5.41) is 0. The zero-order valence-corrected chi connectivity index (χ0v) is 9.52. The molecule has 0 unspecified atom stereocenters. The molecule has 2 aromatic heterocycles. The molecule has 6 heteroatoms. The topological polar surface area (TPSA) is 83.7 Å². The molecule has 2 rings (SSSR count). The van der Waals surface area contributed by atoms with E-state index in [0.717, 1.165) is 5.57 Å². The quantitative estimate of drug-likeness (QED) is 0.621. The van der Waals surface area contributed by atoms with E-state index >= 15 is 0 Å². The zero-order valence-electron chi connectivity index (χ0n) is 9.52. The van der Waals surface area contributed by atoms with Crippen LogP contribution in [0.5, 0.6) is 6.01 Å². The van der Waals surface area contributed by atoms with Gasteiger partial charge in [0.25, 0.3) is 0 Å². The molecule has 0 spiro atoms. The third-order valence-electron chi connectivity index (χ3n) is 2.38. The molecule has 0 bridgehead atoms. The molecule has 0 aliphatic heterocycles. The summed E-state index contributed by atoms with van der Waals surface area (Å²) >= 11 is 0. The van der Waals surface area contributed by atoms with Crippen molar-refractivity contribution < 1.29 is 9.53 Å². The van der Waals surface area contributed by atoms with Crippen molar-refractivity contribution in [2.24, 2.45) is 0 Å². The lowest BCUT2D eigenvalue weighted by Gasteiger charge is -2.04. The molecule has 88 valence electrons. The Kier molecular flexibility index (Phi) is 3.04. The van der Waals surface area contributed by atoms with Gasteiger partial charge in [-0.25, -0.2) is 14.8 Å². The van der Waals surface area contributed by atoms with Crippen molar-refractivity contribution in [3.8, 4) is 6.01 Å². The number of ether oxygens (including phenoxy) is 1. The van der Waals surface area contributed by atoms with Gasteiger partial charge in [-0.1, -0.05) is 0 Å². The van der Waals surface area contributed by atoms with Crippen LogP contribution in [0.1, 0.15) is 19.7 Å². The van der Waals surface area contributed by atoms with E-state index in [2.05, 4.69) is 19.9 Å². The van der Waals surface area contributed by atoms with Gasteiger partial charge in [0.15, 0.2) is 0 Å². The number of esters is 1. The molecule has 17 heavy (non-hydrogen) atoms. The fourth-order valence-electron chi connectivity index (χ4n) is 1.27. The Balaban J connectivity index is 2.17. The Morgan fingerprint density at radius 1 is 1.18 bits per heavy atom. The summed E-state index contributed by atoms with van der Waals surface area (Å²) < 4.78 is 5.03. The maximum absolute atomic E-state index is 11.8. The second-order valence-electron chi connectivity index (χ2n) is 3.47. The van der Waals surface area contributed by atoms with Gasteiger partial charge in [0.2, 0.25) is 0 Å². The molecule has 0 aromatic carbocycles. The molecule has 0 atom stereocenters. The van der Waals surface area contributed by atoms with Crippen molar-refractivity contribution in [2.45, 2.75) is 13.8 Å². The van der Waals surface area contributed by atoms with Crippen LogP contribution in [0.2, 0.25) is 0 Å². The molecule has 2 heterocycles. The number of aromatic nitrogens is 4. The summed E-state index contributed by atoms with van der Waals surface area (Å²) in [6.07, 6.45) is 6.43. The van der Waals surface area contributed by atoms with Crippen LogP contribution in [-0.4, -0.2) is 25.9 Å². The molecule has 0 amide bonds. The molecule has 0 saturated carbocycles. The van der Waals surface area contributed by atoms with Gasteiger partial charge in [-0.05, 0) is 13.8 Å². The summed E-state index contributed by atoms with van der Waals surface area (Å²) in [7, 11) is 0. The van der Waals surface area contributed by atoms with Crippen molar-refractivity contribution in [3.05, 3.63) is 36.2 Å². The molecule has 0 saturated heterocycles. The van der Waals surface area contributed by atoms with E-state index < -0.39 is 5.97 Å². The van der Waals surface area contributed by atoms with Crippen molar-refractivity contribution >= 4 is 11.5 Å². The number of aromatic amines is 2. The lowest BCUT2D eigenvalue weighted by Crippen LogP contribution is -2.11. The highest BCUT2D eigenvalue weighted by Gasteiger charge is 2.13. The number of imidazole rings is 2. The zero-order chi connectivity index (χ0) is 12.3. The van der Waals surface area contributed by atoms with Gasteiger partial charge in [0.1, 0.15) is 5.82 Å². The van der Waals surface area contributed by atoms with E-state index in [9.17, 15) is 4.79 Å². The van der Waals surface area contributed by atoms with E-state index in [4.69, 9.17) is 4.74 Å². The molecule has 6 nitrogen and oxygen atoms in total. The number of H-pyrrole nitrogens is 2. The number of nitrogens with zero attached hydrogens (tertiary/aromatic N) is 2. The van der Waals surface area contributed by atoms with E-state index in [1.54, 1.807) is 32.4 Å². The van der Waals surface area contributed by atoms with E-state index in [1.807, 2.05) is 0 Å². The van der Waals surface area contributed by atoms with Gasteiger partial charge in [-0.3, -0.25) is 0 Å². The first kappa shape index (κ1) is 11.1. The van der Waals surface area contributed by atoms with Crippen LogP contribution in [0, 0.1) is 0 Å². The Bertz CT molecular complexity index is 526. The summed E-state index contributed by atoms with van der Waals surface area (Å²) in [6, 6.07) is 0.182. The van der Waals surface area contributed by atoms with Crippen molar-refractivity contribution in [3.63, 3.8) is 0 Å². The number of hydrogen-bond donors (Lipinski definition) is 2. The predicted octanol–water partition coefficient (Wildman–Crippen LogP) is 1.53. The maximum atomic E-state index is 11.8. The van der Waals surface area contributed by atoms with Gasteiger partial charge in [-0.15, -0.1) is 0 Å². The lowest BCUT2D eigenvalue weighted by molar-refractivity contribution is -0.130. The van der Waals surface area contributed by atoms with Gasteiger partial charge >= 0.3 is 12.0 Å². The van der Waals surface area contributed by atoms with Crippen LogP contribution in [0.25, 0.3) is 5.57 Å². The minimum atomic E-state index is -0.450. The van der Waals surface area contributed by atoms with Gasteiger partial charge < -0.3 is 14.7 Å². The molecular weight excluding hydrogens is 220 g/mol. The number of allylic oxidation sites excluding steroid dienone is 1. The van der Waals surface area contributed by atoms with Crippen molar-refractivity contribution in [2.75, 3.05) is 0 Å². The van der Waals surface area contributed by atoms with Crippen LogP contribution in [-0.2, 0) is 4.79 Å². The molecule has 0 fully saturated rings. The number of carbonyl (C=O) groups is 1. The van der Waals surface area contributed by atoms with Gasteiger partial charge in [0.05, 0.1) is 0 Å². The SMILES string of the molecule is CC(C(=O)Oc1ncc[nH]1)=C(C)c1ncc[nH]1. The minimum Gasteiger partial charge on any atom is -0.389 e. The Hall–Kier alpha value is -2.37. The highest BCUT2D eigenvalue weighted by atomic mass is 16.5. The first-order valence-electron chi connectivity index (χ1n) is 5.07. The molecule has 0 aliphatic carbocycles. The highest BCUT2D eigenvalue weighted by Crippen LogP contribution is 2.15. The van der Waals surface area contributed by atoms with Crippen LogP contribution in [0.15, 0.2) is 30.4 Å². The van der Waals surface area contributed by atoms with E-state index in [-0.39, 0.29) is 6.01 Å². The Morgan fingerprint density at radius 2 is 1.88 bits per heavy atom. The fourth-order valence-corrected chi connectivity index (χ4v) is 1.27. The number of nitrogens with one attached hydrogen (secondary N) is 2. The largest absolute Gasteiger partial charge is 0.389 e. The third kappa shape index (κ3) is 2.41. The minimum absolute atomic E-state index is 0.182. The summed E-state index contributed by atoms with van der Waals surface area (Å²) in [5.74, 6) is 0.202. The van der Waals surface area contributed by atoms with Crippen LogP contribution < -0.4 is 4.74 Å². The van der Waals surface area contributed by atoms with Gasteiger partial charge in [-0.2, -0.15) is 0 Å². The second-order valence-corrected chi connectivity index (χ2v) is 3.47. The van der Waals surface area contributed by atoms with Gasteiger partial charge in [0, 0.05) is 35.9 Å². The molecular formula is C11H12N4O2. The highest BCUT2D eigenvalue weighted by molar-refractivity contribution is 5.96. The van der Waals surface area contributed by atoms with Crippen LogP contribution in [0.4, 0.5) is 0 Å². The predicted molar refractivity (Wildman–Crippen MR) is 61.1 cm³/mol. The van der Waals surface area contributed by atoms with E-state index in [0.29, 0.717) is 11.4 Å². The molecule has 2 N–H and O–H groups in total. The first-order chi connectivity index (χ1) is 8.18. The Morgan fingerprint density at radius 3 is 2.47 bits per heavy atom. The maximum Gasteiger partial charge on any atom is 0.341 e. The standard InChI is InChI=1S/C11H12N4O2/c1-7(9-12-3-4-13-9)8(2)10(16)17-11-14-5-6-15-11/h3-6H,1-2H3,(H,12,13)(H,14,15). The second kappa shape index (κ2) is 4.65. The summed E-state index contributed by atoms with van der Waals surface area (Å²) in [4.78, 5) is 25.3. The molecule has 2 aromatic rings. The summed E-state index contributed by atoms with van der Waals surface area (Å²) in [6.45, 7) is 3.49. The average molecular weight is 232 g/mol. The Labute approximate surface area is 97.8 Å². The van der Waals surface area contributed by atoms with Crippen molar-refractivity contribution in [1.29, 1.82) is 0 Å². The smallest absolute Gasteiger partial charge is 0.341 e. The monoisotopic (exact) mass is 232 g/mol. The fraction of sp³-hybridized carbons (Fsp3) is 0.182. The molecule has 0 radical (unpaired) electrons. The van der Waals surface area contributed by atoms with Crippen LogP contribution >= 0.6 is 0 Å². The van der Waals surface area contributed by atoms with Crippen molar-refractivity contribution in [1.82, 2.24) is 19.9 Å². The average Bonchev–Trinajstić information content (AvgIpc) is 2.99. The molecule has 0 aliphatic rings. The summed E-state index contributed by atoms with van der Waals surface area (Å²) in [5.41, 5.74) is 1.22.